The Kier molecular flexibility index (Phi) is 9.14. The van der Waals surface area contributed by atoms with Gasteiger partial charge in [0.1, 0.15) is 24.1 Å². The minimum Gasteiger partial charge on any atom is -0.497 e. The Labute approximate surface area is 208 Å². The van der Waals surface area contributed by atoms with E-state index < -0.39 is 34.1 Å². The van der Waals surface area contributed by atoms with E-state index in [0.29, 0.717) is 11.5 Å². The first-order valence-electron chi connectivity index (χ1n) is 11.1. The van der Waals surface area contributed by atoms with Crippen LogP contribution in [0.1, 0.15) is 33.3 Å². The summed E-state index contributed by atoms with van der Waals surface area (Å²) in [5, 5.41) is 2.89. The van der Waals surface area contributed by atoms with E-state index in [0.717, 1.165) is 16.1 Å². The zero-order valence-corrected chi connectivity index (χ0v) is 22.2. The van der Waals surface area contributed by atoms with Gasteiger partial charge in [-0.1, -0.05) is 24.3 Å². The van der Waals surface area contributed by atoms with Gasteiger partial charge in [0.2, 0.25) is 21.8 Å². The van der Waals surface area contributed by atoms with Crippen LogP contribution >= 0.6 is 0 Å². The summed E-state index contributed by atoms with van der Waals surface area (Å²) in [6.07, 6.45) is 1.02. The fraction of sp³-hybridized carbons (Fsp3) is 0.440. The molecule has 0 radical (unpaired) electrons. The maximum absolute atomic E-state index is 13.6. The van der Waals surface area contributed by atoms with Crippen LogP contribution in [0.4, 0.5) is 5.69 Å². The molecule has 0 fully saturated rings. The Bertz CT molecular complexity index is 1140. The lowest BCUT2D eigenvalue weighted by Gasteiger charge is -2.33. The molecule has 0 saturated heterocycles. The number of hydrogen-bond acceptors (Lipinski definition) is 6. The van der Waals surface area contributed by atoms with Crippen LogP contribution in [-0.4, -0.2) is 63.7 Å². The number of nitrogens with zero attached hydrogens (tertiary/aromatic N) is 2. The monoisotopic (exact) mass is 505 g/mol. The molecular weight excluding hydrogens is 470 g/mol. The molecule has 0 bridgehead atoms. The smallest absolute Gasteiger partial charge is 0.244 e. The quantitative estimate of drug-likeness (QED) is 0.532. The van der Waals surface area contributed by atoms with Crippen LogP contribution in [0.2, 0.25) is 0 Å². The molecule has 0 heterocycles. The van der Waals surface area contributed by atoms with Gasteiger partial charge in [0, 0.05) is 12.1 Å². The first-order chi connectivity index (χ1) is 16.3. The molecule has 0 aliphatic rings. The number of para-hydroxylation sites is 2. The summed E-state index contributed by atoms with van der Waals surface area (Å²) in [5.41, 5.74) is 0.460. The Balaban J connectivity index is 2.46. The van der Waals surface area contributed by atoms with Crippen molar-refractivity contribution in [3.8, 4) is 11.5 Å². The van der Waals surface area contributed by atoms with Crippen LogP contribution in [0, 0.1) is 0 Å². The second-order valence-electron chi connectivity index (χ2n) is 9.23. The van der Waals surface area contributed by atoms with Gasteiger partial charge >= 0.3 is 0 Å². The Morgan fingerprint density at radius 1 is 1.03 bits per heavy atom. The topological polar surface area (TPSA) is 105 Å². The average Bonchev–Trinajstić information content (AvgIpc) is 2.78. The Morgan fingerprint density at radius 2 is 1.69 bits per heavy atom. The predicted molar refractivity (Wildman–Crippen MR) is 136 cm³/mol. The molecule has 1 atom stereocenters. The number of benzene rings is 2. The lowest BCUT2D eigenvalue weighted by molar-refractivity contribution is -0.140. The molecule has 10 heteroatoms. The highest BCUT2D eigenvalue weighted by molar-refractivity contribution is 7.92. The zero-order chi connectivity index (χ0) is 26.4. The van der Waals surface area contributed by atoms with Gasteiger partial charge in [-0.3, -0.25) is 13.9 Å². The maximum Gasteiger partial charge on any atom is 0.244 e. The van der Waals surface area contributed by atoms with Crippen molar-refractivity contribution in [1.82, 2.24) is 10.2 Å². The molecular formula is C25H35N3O6S. The molecule has 1 unspecified atom stereocenters. The summed E-state index contributed by atoms with van der Waals surface area (Å²) in [5.74, 6) is 0.0229. The van der Waals surface area contributed by atoms with E-state index in [4.69, 9.17) is 9.47 Å². The van der Waals surface area contributed by atoms with Crippen molar-refractivity contribution in [2.45, 2.75) is 45.8 Å². The summed E-state index contributed by atoms with van der Waals surface area (Å²) in [4.78, 5) is 28.0. The fourth-order valence-electron chi connectivity index (χ4n) is 3.45. The Morgan fingerprint density at radius 3 is 2.26 bits per heavy atom. The van der Waals surface area contributed by atoms with E-state index in [1.54, 1.807) is 56.5 Å². The third-order valence-corrected chi connectivity index (χ3v) is 6.31. The molecule has 2 aromatic carbocycles. The number of methoxy groups -OCH3 is 2. The third-order valence-electron chi connectivity index (χ3n) is 5.19. The van der Waals surface area contributed by atoms with Gasteiger partial charge in [-0.25, -0.2) is 8.42 Å². The second kappa shape index (κ2) is 11.4. The first-order valence-corrected chi connectivity index (χ1v) is 13.0. The number of carbonyl (C=O) groups is 2. The van der Waals surface area contributed by atoms with Crippen LogP contribution in [-0.2, 0) is 26.2 Å². The lowest BCUT2D eigenvalue weighted by Crippen LogP contribution is -2.54. The minimum absolute atomic E-state index is 0.0816. The lowest BCUT2D eigenvalue weighted by atomic mass is 10.1. The molecule has 0 aliphatic heterocycles. The largest absolute Gasteiger partial charge is 0.497 e. The normalized spacial score (nSPS) is 12.4. The number of rotatable bonds is 10. The summed E-state index contributed by atoms with van der Waals surface area (Å²) in [6.45, 7) is 6.73. The summed E-state index contributed by atoms with van der Waals surface area (Å²) < 4.78 is 37.0. The van der Waals surface area contributed by atoms with Gasteiger partial charge in [0.25, 0.3) is 0 Å². The number of sulfonamides is 1. The number of amides is 2. The van der Waals surface area contributed by atoms with E-state index in [1.165, 1.54) is 12.0 Å². The van der Waals surface area contributed by atoms with E-state index in [-0.39, 0.29) is 18.1 Å². The summed E-state index contributed by atoms with van der Waals surface area (Å²) in [6, 6.07) is 12.8. The van der Waals surface area contributed by atoms with Gasteiger partial charge in [0.15, 0.2) is 0 Å². The van der Waals surface area contributed by atoms with Crippen molar-refractivity contribution in [3.05, 3.63) is 54.1 Å². The van der Waals surface area contributed by atoms with Gasteiger partial charge in [0.05, 0.1) is 26.2 Å². The van der Waals surface area contributed by atoms with E-state index in [1.807, 2.05) is 26.8 Å². The number of ether oxygens (including phenoxy) is 2. The molecule has 2 amide bonds. The number of anilines is 1. The molecule has 192 valence electrons. The SMILES string of the molecule is COc1cccc(CN(C(=O)CN(c2ccccc2OC)S(C)(=O)=O)C(C)C(=O)NC(C)(C)C)c1. The second-order valence-corrected chi connectivity index (χ2v) is 11.1. The van der Waals surface area contributed by atoms with Gasteiger partial charge in [-0.05, 0) is 57.5 Å². The van der Waals surface area contributed by atoms with Crippen molar-refractivity contribution in [2.24, 2.45) is 0 Å². The third kappa shape index (κ3) is 7.88. The summed E-state index contributed by atoms with van der Waals surface area (Å²) in [7, 11) is -0.886. The molecule has 1 N–H and O–H groups in total. The maximum atomic E-state index is 13.6. The molecule has 0 saturated carbocycles. The minimum atomic E-state index is -3.85. The van der Waals surface area contributed by atoms with Crippen molar-refractivity contribution in [3.63, 3.8) is 0 Å². The summed E-state index contributed by atoms with van der Waals surface area (Å²) >= 11 is 0. The van der Waals surface area contributed by atoms with Crippen LogP contribution in [0.25, 0.3) is 0 Å². The molecule has 9 nitrogen and oxygen atoms in total. The molecule has 0 aromatic heterocycles. The fourth-order valence-corrected chi connectivity index (χ4v) is 4.31. The predicted octanol–water partition coefficient (Wildman–Crippen LogP) is 2.80. The van der Waals surface area contributed by atoms with E-state index in [2.05, 4.69) is 5.32 Å². The highest BCUT2D eigenvalue weighted by atomic mass is 32.2. The van der Waals surface area contributed by atoms with Crippen LogP contribution in [0.3, 0.4) is 0 Å². The Hall–Kier alpha value is -3.27. The van der Waals surface area contributed by atoms with Crippen molar-refractivity contribution < 1.29 is 27.5 Å². The molecule has 35 heavy (non-hydrogen) atoms. The van der Waals surface area contributed by atoms with Crippen LogP contribution in [0.15, 0.2) is 48.5 Å². The van der Waals surface area contributed by atoms with Crippen LogP contribution < -0.4 is 19.1 Å². The average molecular weight is 506 g/mol. The van der Waals surface area contributed by atoms with Crippen molar-refractivity contribution in [1.29, 1.82) is 0 Å². The van der Waals surface area contributed by atoms with Crippen molar-refractivity contribution in [2.75, 3.05) is 31.3 Å². The standard InChI is InChI=1S/C25H35N3O6S/c1-18(24(30)26-25(2,3)4)27(16-19-11-10-12-20(15-19)33-5)23(29)17-28(35(7,31)32)21-13-8-9-14-22(21)34-6/h8-15,18H,16-17H2,1-7H3,(H,26,30). The zero-order valence-electron chi connectivity index (χ0n) is 21.4. The van der Waals surface area contributed by atoms with Crippen molar-refractivity contribution >= 4 is 27.5 Å². The number of carbonyl (C=O) groups excluding carboxylic acids is 2. The first kappa shape index (κ1) is 28.0. The van der Waals surface area contributed by atoms with Crippen LogP contribution in [0.5, 0.6) is 11.5 Å². The van der Waals surface area contributed by atoms with E-state index >= 15 is 0 Å². The molecule has 0 aliphatic carbocycles. The van der Waals surface area contributed by atoms with E-state index in [9.17, 15) is 18.0 Å². The molecule has 0 spiro atoms. The highest BCUT2D eigenvalue weighted by Gasteiger charge is 2.32. The van der Waals surface area contributed by atoms with Gasteiger partial charge in [-0.2, -0.15) is 0 Å². The number of nitrogens with one attached hydrogen (secondary N) is 1. The van der Waals surface area contributed by atoms with Gasteiger partial charge in [-0.15, -0.1) is 0 Å². The van der Waals surface area contributed by atoms with Gasteiger partial charge < -0.3 is 19.7 Å². The highest BCUT2D eigenvalue weighted by Crippen LogP contribution is 2.29. The number of hydrogen-bond donors (Lipinski definition) is 1. The molecule has 2 rings (SSSR count). The molecule has 2 aromatic rings.